The molecule has 1 nitrogen and oxygen atoms in total. The zero-order valence-electron chi connectivity index (χ0n) is 9.75. The minimum atomic E-state index is -1.58. The first-order valence-corrected chi connectivity index (χ1v) is 9.54. The fourth-order valence-corrected chi connectivity index (χ4v) is 3.03. The Labute approximate surface area is 106 Å². The first-order chi connectivity index (χ1) is 7.47. The van der Waals surface area contributed by atoms with Crippen molar-refractivity contribution in [1.82, 2.24) is 0 Å². The van der Waals surface area contributed by atoms with E-state index in [1.165, 1.54) is 10.8 Å². The van der Waals surface area contributed by atoms with Crippen LogP contribution in [-0.2, 0) is 0 Å². The minimum absolute atomic E-state index is 0.984. The van der Waals surface area contributed by atoms with Crippen LogP contribution in [0.15, 0.2) is 40.9 Å². The fourth-order valence-electron chi connectivity index (χ4n) is 1.63. The first kappa shape index (κ1) is 11.7. The van der Waals surface area contributed by atoms with E-state index in [4.69, 9.17) is 4.43 Å². The van der Waals surface area contributed by atoms with E-state index < -0.39 is 8.32 Å². The Bertz CT molecular complexity index is 517. The standard InChI is InChI=1S/C13H15BrOSi/c1-16(2,3)15-13-11-7-5-4-6-10(11)8-9-12(13)14/h4-9H,1-3H3. The van der Waals surface area contributed by atoms with Crippen molar-refractivity contribution in [2.45, 2.75) is 19.6 Å². The molecule has 3 heteroatoms. The van der Waals surface area contributed by atoms with E-state index >= 15 is 0 Å². The molecule has 0 saturated heterocycles. The summed E-state index contributed by atoms with van der Waals surface area (Å²) in [5.41, 5.74) is 0. The number of fused-ring (bicyclic) bond motifs is 1. The van der Waals surface area contributed by atoms with E-state index in [0.717, 1.165) is 10.2 Å². The van der Waals surface area contributed by atoms with Crippen LogP contribution in [-0.4, -0.2) is 8.32 Å². The highest BCUT2D eigenvalue weighted by Crippen LogP contribution is 2.35. The smallest absolute Gasteiger partial charge is 0.242 e. The predicted molar refractivity (Wildman–Crippen MR) is 75.6 cm³/mol. The molecule has 0 radical (unpaired) electrons. The van der Waals surface area contributed by atoms with Gasteiger partial charge in [0.15, 0.2) is 0 Å². The lowest BCUT2D eigenvalue weighted by Gasteiger charge is -2.21. The summed E-state index contributed by atoms with van der Waals surface area (Å²) in [7, 11) is -1.58. The lowest BCUT2D eigenvalue weighted by Crippen LogP contribution is -2.29. The third kappa shape index (κ3) is 2.47. The van der Waals surface area contributed by atoms with Gasteiger partial charge in [0.25, 0.3) is 0 Å². The van der Waals surface area contributed by atoms with Gasteiger partial charge in [-0.3, -0.25) is 0 Å². The van der Waals surface area contributed by atoms with E-state index in [1.54, 1.807) is 0 Å². The fraction of sp³-hybridized carbons (Fsp3) is 0.231. The van der Waals surface area contributed by atoms with E-state index in [1.807, 2.05) is 6.07 Å². The minimum Gasteiger partial charge on any atom is -0.543 e. The van der Waals surface area contributed by atoms with E-state index in [0.29, 0.717) is 0 Å². The van der Waals surface area contributed by atoms with E-state index in [2.05, 4.69) is 65.9 Å². The Morgan fingerprint density at radius 2 is 1.69 bits per heavy atom. The van der Waals surface area contributed by atoms with Gasteiger partial charge in [0.2, 0.25) is 8.32 Å². The lowest BCUT2D eigenvalue weighted by atomic mass is 10.1. The van der Waals surface area contributed by atoms with Crippen LogP contribution in [0.4, 0.5) is 0 Å². The van der Waals surface area contributed by atoms with Gasteiger partial charge in [0, 0.05) is 5.39 Å². The van der Waals surface area contributed by atoms with Gasteiger partial charge in [-0.05, 0) is 47.0 Å². The molecular formula is C13H15BrOSi. The monoisotopic (exact) mass is 294 g/mol. The second kappa shape index (κ2) is 4.22. The normalized spacial score (nSPS) is 11.8. The van der Waals surface area contributed by atoms with Gasteiger partial charge in [-0.25, -0.2) is 0 Å². The van der Waals surface area contributed by atoms with Crippen molar-refractivity contribution in [2.75, 3.05) is 0 Å². The first-order valence-electron chi connectivity index (χ1n) is 5.34. The average Bonchev–Trinajstić information content (AvgIpc) is 2.21. The van der Waals surface area contributed by atoms with Crippen LogP contribution < -0.4 is 4.43 Å². The van der Waals surface area contributed by atoms with Crippen molar-refractivity contribution >= 4 is 35.0 Å². The molecule has 0 aliphatic heterocycles. The summed E-state index contributed by atoms with van der Waals surface area (Å²) in [4.78, 5) is 0. The molecule has 0 aliphatic carbocycles. The van der Waals surface area contributed by atoms with Gasteiger partial charge in [-0.1, -0.05) is 30.3 Å². The van der Waals surface area contributed by atoms with Gasteiger partial charge in [-0.2, -0.15) is 0 Å². The maximum absolute atomic E-state index is 6.14. The molecule has 84 valence electrons. The number of hydrogen-bond donors (Lipinski definition) is 0. The van der Waals surface area contributed by atoms with Crippen molar-refractivity contribution < 1.29 is 4.43 Å². The molecular weight excluding hydrogens is 280 g/mol. The van der Waals surface area contributed by atoms with Crippen LogP contribution in [0.5, 0.6) is 5.75 Å². The van der Waals surface area contributed by atoms with Crippen LogP contribution in [0.3, 0.4) is 0 Å². The number of hydrogen-bond acceptors (Lipinski definition) is 1. The Hall–Kier alpha value is -0.803. The second-order valence-corrected chi connectivity index (χ2v) is 10.1. The number of halogens is 1. The molecule has 0 heterocycles. The molecule has 0 spiro atoms. The van der Waals surface area contributed by atoms with Gasteiger partial charge in [-0.15, -0.1) is 0 Å². The third-order valence-electron chi connectivity index (χ3n) is 2.24. The third-order valence-corrected chi connectivity index (χ3v) is 3.68. The molecule has 0 atom stereocenters. The molecule has 0 unspecified atom stereocenters. The molecule has 2 rings (SSSR count). The number of rotatable bonds is 2. The summed E-state index contributed by atoms with van der Waals surface area (Å²) in [5, 5.41) is 2.40. The van der Waals surface area contributed by atoms with Gasteiger partial charge in [0.05, 0.1) is 4.47 Å². The van der Waals surface area contributed by atoms with Crippen molar-refractivity contribution in [3.8, 4) is 5.75 Å². The molecule has 0 saturated carbocycles. The summed E-state index contributed by atoms with van der Waals surface area (Å²) in [6.07, 6.45) is 0. The summed E-state index contributed by atoms with van der Waals surface area (Å²) in [6, 6.07) is 12.5. The molecule has 0 bridgehead atoms. The summed E-state index contributed by atoms with van der Waals surface area (Å²) >= 11 is 3.57. The lowest BCUT2D eigenvalue weighted by molar-refractivity contribution is 0.561. The van der Waals surface area contributed by atoms with Crippen LogP contribution in [0.1, 0.15) is 0 Å². The van der Waals surface area contributed by atoms with Gasteiger partial charge < -0.3 is 4.43 Å². The van der Waals surface area contributed by atoms with Crippen molar-refractivity contribution in [1.29, 1.82) is 0 Å². The van der Waals surface area contributed by atoms with Crippen LogP contribution in [0, 0.1) is 0 Å². The molecule has 2 aromatic carbocycles. The molecule has 2 aromatic rings. The SMILES string of the molecule is C[Si](C)(C)Oc1c(Br)ccc2ccccc12. The van der Waals surface area contributed by atoms with Crippen molar-refractivity contribution in [2.24, 2.45) is 0 Å². The maximum atomic E-state index is 6.14. The van der Waals surface area contributed by atoms with Crippen molar-refractivity contribution in [3.63, 3.8) is 0 Å². The maximum Gasteiger partial charge on any atom is 0.242 e. The van der Waals surface area contributed by atoms with Gasteiger partial charge in [0.1, 0.15) is 5.75 Å². The molecule has 0 aliphatic rings. The molecule has 0 fully saturated rings. The Balaban J connectivity index is 2.62. The highest BCUT2D eigenvalue weighted by atomic mass is 79.9. The van der Waals surface area contributed by atoms with E-state index in [-0.39, 0.29) is 0 Å². The summed E-state index contributed by atoms with van der Waals surface area (Å²) in [5.74, 6) is 0.984. The Kier molecular flexibility index (Phi) is 3.08. The molecule has 16 heavy (non-hydrogen) atoms. The van der Waals surface area contributed by atoms with Crippen molar-refractivity contribution in [3.05, 3.63) is 40.9 Å². The molecule has 0 N–H and O–H groups in total. The largest absolute Gasteiger partial charge is 0.543 e. The summed E-state index contributed by atoms with van der Waals surface area (Å²) in [6.45, 7) is 6.59. The zero-order chi connectivity index (χ0) is 11.8. The molecule has 0 amide bonds. The quantitative estimate of drug-likeness (QED) is 0.722. The topological polar surface area (TPSA) is 9.23 Å². The Morgan fingerprint density at radius 1 is 1.00 bits per heavy atom. The molecule has 0 aromatic heterocycles. The van der Waals surface area contributed by atoms with Crippen LogP contribution in [0.25, 0.3) is 10.8 Å². The summed E-state index contributed by atoms with van der Waals surface area (Å²) < 4.78 is 7.17. The Morgan fingerprint density at radius 3 is 2.38 bits per heavy atom. The zero-order valence-corrected chi connectivity index (χ0v) is 12.3. The highest BCUT2D eigenvalue weighted by Gasteiger charge is 2.19. The van der Waals surface area contributed by atoms with Gasteiger partial charge >= 0.3 is 0 Å². The predicted octanol–water partition coefficient (Wildman–Crippen LogP) is 4.82. The number of benzene rings is 2. The average molecular weight is 295 g/mol. The highest BCUT2D eigenvalue weighted by molar-refractivity contribution is 9.10. The van der Waals surface area contributed by atoms with Crippen LogP contribution in [0.2, 0.25) is 19.6 Å². The van der Waals surface area contributed by atoms with E-state index in [9.17, 15) is 0 Å². The van der Waals surface area contributed by atoms with Crippen LogP contribution >= 0.6 is 15.9 Å². The second-order valence-electron chi connectivity index (χ2n) is 4.81.